The minimum absolute atomic E-state index is 0.103. The Balaban J connectivity index is 1.65. The highest BCUT2D eigenvalue weighted by Gasteiger charge is 2.42. The van der Waals surface area contributed by atoms with Crippen LogP contribution in [0.4, 0.5) is 0 Å². The molecule has 1 aromatic rings. The van der Waals surface area contributed by atoms with E-state index in [1.54, 1.807) is 18.3 Å². The van der Waals surface area contributed by atoms with Gasteiger partial charge in [-0.3, -0.25) is 4.79 Å². The number of rotatable bonds is 3. The predicted molar refractivity (Wildman–Crippen MR) is 75.1 cm³/mol. The monoisotopic (exact) mass is 278 g/mol. The molecule has 2 bridgehead atoms. The number of carbonyl (C=O) groups is 1. The average molecular weight is 279 g/mol. The lowest BCUT2D eigenvalue weighted by atomic mass is 9.84. The predicted octanol–water partition coefficient (Wildman–Crippen LogP) is 3.29. The number of halogens is 1. The van der Waals surface area contributed by atoms with Gasteiger partial charge in [0.15, 0.2) is 0 Å². The van der Waals surface area contributed by atoms with Crippen LogP contribution in [-0.2, 0) is 0 Å². The van der Waals surface area contributed by atoms with Crippen LogP contribution >= 0.6 is 11.6 Å². The van der Waals surface area contributed by atoms with Crippen molar-refractivity contribution in [3.8, 4) is 0 Å². The molecule has 102 valence electrons. The van der Waals surface area contributed by atoms with Gasteiger partial charge in [-0.2, -0.15) is 0 Å². The van der Waals surface area contributed by atoms with Crippen LogP contribution in [0.3, 0.4) is 0 Å². The third kappa shape index (κ3) is 2.48. The zero-order valence-electron chi connectivity index (χ0n) is 11.1. The number of nitrogens with one attached hydrogen (secondary N) is 1. The van der Waals surface area contributed by atoms with Crippen molar-refractivity contribution < 1.29 is 4.79 Å². The summed E-state index contributed by atoms with van der Waals surface area (Å²) in [5.74, 6) is 2.24. The van der Waals surface area contributed by atoms with Gasteiger partial charge in [-0.15, -0.1) is 0 Å². The van der Waals surface area contributed by atoms with Crippen molar-refractivity contribution in [2.24, 2.45) is 17.8 Å². The summed E-state index contributed by atoms with van der Waals surface area (Å²) < 4.78 is 0. The van der Waals surface area contributed by atoms with Gasteiger partial charge in [0, 0.05) is 12.2 Å². The lowest BCUT2D eigenvalue weighted by molar-refractivity contribution is 0.0915. The second kappa shape index (κ2) is 5.12. The molecule has 1 amide bonds. The van der Waals surface area contributed by atoms with E-state index in [0.29, 0.717) is 11.5 Å². The highest BCUT2D eigenvalue weighted by molar-refractivity contribution is 6.32. The maximum atomic E-state index is 12.2. The van der Waals surface area contributed by atoms with Crippen molar-refractivity contribution in [3.63, 3.8) is 0 Å². The molecule has 0 saturated heterocycles. The molecule has 2 saturated carbocycles. The minimum Gasteiger partial charge on any atom is -0.349 e. The van der Waals surface area contributed by atoms with E-state index in [-0.39, 0.29) is 17.1 Å². The Hall–Kier alpha value is -1.09. The Kier molecular flexibility index (Phi) is 3.48. The highest BCUT2D eigenvalue weighted by Crippen LogP contribution is 2.49. The molecule has 4 atom stereocenters. The fraction of sp³-hybridized carbons (Fsp3) is 0.600. The van der Waals surface area contributed by atoms with E-state index in [9.17, 15) is 4.79 Å². The van der Waals surface area contributed by atoms with Crippen LogP contribution in [-0.4, -0.2) is 16.9 Å². The summed E-state index contributed by atoms with van der Waals surface area (Å²) in [5, 5.41) is 3.38. The molecule has 19 heavy (non-hydrogen) atoms. The molecule has 1 heterocycles. The second-order valence-corrected chi connectivity index (χ2v) is 6.30. The maximum Gasteiger partial charge on any atom is 0.254 e. The molecule has 1 aromatic heterocycles. The number of nitrogens with zero attached hydrogens (tertiary/aromatic N) is 1. The van der Waals surface area contributed by atoms with Gasteiger partial charge in [0.2, 0.25) is 0 Å². The summed E-state index contributed by atoms with van der Waals surface area (Å²) in [6.07, 6.45) is 6.95. The molecule has 3 nitrogen and oxygen atoms in total. The number of amides is 1. The summed E-state index contributed by atoms with van der Waals surface area (Å²) >= 11 is 5.95. The number of pyridine rings is 1. The first-order chi connectivity index (χ1) is 9.15. The van der Waals surface area contributed by atoms with Gasteiger partial charge >= 0.3 is 0 Å². The van der Waals surface area contributed by atoms with Crippen LogP contribution in [0.15, 0.2) is 18.3 Å². The molecule has 0 spiro atoms. The van der Waals surface area contributed by atoms with E-state index in [0.717, 1.165) is 11.8 Å². The summed E-state index contributed by atoms with van der Waals surface area (Å²) in [6.45, 7) is 2.12. The van der Waals surface area contributed by atoms with Gasteiger partial charge in [-0.1, -0.05) is 18.0 Å². The van der Waals surface area contributed by atoms with Crippen molar-refractivity contribution in [2.45, 2.75) is 38.6 Å². The standard InChI is InChI=1S/C15H19ClN2O/c1-9(13-8-10-4-5-11(13)7-10)18-15(19)12-3-2-6-17-14(12)16/h2-3,6,9-11,13H,4-5,7-8H2,1H3,(H,18,19). The first-order valence-corrected chi connectivity index (χ1v) is 7.44. The highest BCUT2D eigenvalue weighted by atomic mass is 35.5. The van der Waals surface area contributed by atoms with E-state index < -0.39 is 0 Å². The topological polar surface area (TPSA) is 42.0 Å². The van der Waals surface area contributed by atoms with Crippen LogP contribution in [0, 0.1) is 17.8 Å². The minimum atomic E-state index is -0.103. The summed E-state index contributed by atoms with van der Waals surface area (Å²) in [6, 6.07) is 3.68. The number of carbonyl (C=O) groups excluding carboxylic acids is 1. The number of hydrogen-bond acceptors (Lipinski definition) is 2. The summed E-state index contributed by atoms with van der Waals surface area (Å²) in [7, 11) is 0. The zero-order chi connectivity index (χ0) is 13.4. The third-order valence-electron chi connectivity index (χ3n) is 4.80. The molecule has 4 heteroatoms. The third-order valence-corrected chi connectivity index (χ3v) is 5.10. The van der Waals surface area contributed by atoms with Gasteiger partial charge in [0.25, 0.3) is 5.91 Å². The number of hydrogen-bond donors (Lipinski definition) is 1. The largest absolute Gasteiger partial charge is 0.349 e. The Morgan fingerprint density at radius 1 is 1.47 bits per heavy atom. The molecular formula is C15H19ClN2O. The van der Waals surface area contributed by atoms with E-state index in [2.05, 4.69) is 17.2 Å². The van der Waals surface area contributed by atoms with Crippen molar-refractivity contribution in [2.75, 3.05) is 0 Å². The van der Waals surface area contributed by atoms with Crippen LogP contribution in [0.5, 0.6) is 0 Å². The van der Waals surface area contributed by atoms with E-state index in [4.69, 9.17) is 11.6 Å². The number of aromatic nitrogens is 1. The Labute approximate surface area is 118 Å². The van der Waals surface area contributed by atoms with Crippen molar-refractivity contribution in [3.05, 3.63) is 29.0 Å². The van der Waals surface area contributed by atoms with Gasteiger partial charge in [0.1, 0.15) is 5.15 Å². The molecule has 2 aliphatic carbocycles. The Bertz CT molecular complexity index is 491. The smallest absolute Gasteiger partial charge is 0.254 e. The van der Waals surface area contributed by atoms with Crippen molar-refractivity contribution in [1.82, 2.24) is 10.3 Å². The van der Waals surface area contributed by atoms with Gasteiger partial charge < -0.3 is 5.32 Å². The van der Waals surface area contributed by atoms with Gasteiger partial charge in [-0.25, -0.2) is 4.98 Å². The molecule has 4 unspecified atom stereocenters. The fourth-order valence-electron chi connectivity index (χ4n) is 3.85. The molecule has 0 radical (unpaired) electrons. The lowest BCUT2D eigenvalue weighted by Gasteiger charge is -2.28. The lowest BCUT2D eigenvalue weighted by Crippen LogP contribution is -2.40. The fourth-order valence-corrected chi connectivity index (χ4v) is 4.06. The van der Waals surface area contributed by atoms with E-state index in [1.165, 1.54) is 25.7 Å². The van der Waals surface area contributed by atoms with E-state index >= 15 is 0 Å². The summed E-state index contributed by atoms with van der Waals surface area (Å²) in [5.41, 5.74) is 0.471. The molecular weight excluding hydrogens is 260 g/mol. The first-order valence-electron chi connectivity index (χ1n) is 7.06. The molecule has 3 rings (SSSR count). The van der Waals surface area contributed by atoms with E-state index in [1.807, 2.05) is 0 Å². The number of fused-ring (bicyclic) bond motifs is 2. The molecule has 2 fully saturated rings. The Morgan fingerprint density at radius 2 is 2.32 bits per heavy atom. The molecule has 0 aliphatic heterocycles. The normalized spacial score (nSPS) is 30.3. The van der Waals surface area contributed by atoms with Crippen molar-refractivity contribution >= 4 is 17.5 Å². The molecule has 1 N–H and O–H groups in total. The average Bonchev–Trinajstić information content (AvgIpc) is 3.01. The SMILES string of the molecule is CC(NC(=O)c1cccnc1Cl)C1CC2CCC1C2. The van der Waals surface area contributed by atoms with Gasteiger partial charge in [0.05, 0.1) is 5.56 Å². The second-order valence-electron chi connectivity index (χ2n) is 5.94. The maximum absolute atomic E-state index is 12.2. The van der Waals surface area contributed by atoms with Gasteiger partial charge in [-0.05, 0) is 56.1 Å². The Morgan fingerprint density at radius 3 is 2.95 bits per heavy atom. The van der Waals surface area contributed by atoms with Crippen molar-refractivity contribution in [1.29, 1.82) is 0 Å². The first kappa shape index (κ1) is 12.9. The summed E-state index contributed by atoms with van der Waals surface area (Å²) in [4.78, 5) is 16.2. The van der Waals surface area contributed by atoms with Crippen LogP contribution < -0.4 is 5.32 Å². The van der Waals surface area contributed by atoms with Crippen LogP contribution in [0.25, 0.3) is 0 Å². The molecule has 2 aliphatic rings. The van der Waals surface area contributed by atoms with Crippen LogP contribution in [0.1, 0.15) is 43.0 Å². The quantitative estimate of drug-likeness (QED) is 0.862. The zero-order valence-corrected chi connectivity index (χ0v) is 11.9. The molecule has 0 aromatic carbocycles. The van der Waals surface area contributed by atoms with Crippen LogP contribution in [0.2, 0.25) is 5.15 Å².